The molecule has 0 saturated carbocycles. The highest BCUT2D eigenvalue weighted by atomic mass is 16.5. The summed E-state index contributed by atoms with van der Waals surface area (Å²) in [5.41, 5.74) is 8.54. The number of primary amides is 1. The summed E-state index contributed by atoms with van der Waals surface area (Å²) in [6.07, 6.45) is 0.280. The van der Waals surface area contributed by atoms with E-state index < -0.39 is 5.91 Å². The molecule has 4 aromatic rings. The van der Waals surface area contributed by atoms with Crippen LogP contribution in [-0.4, -0.2) is 34.1 Å². The second-order valence-electron chi connectivity index (χ2n) is 7.16. The number of carbonyl (C=O) groups is 2. The summed E-state index contributed by atoms with van der Waals surface area (Å²) in [4.78, 5) is 28.7. The van der Waals surface area contributed by atoms with Gasteiger partial charge < -0.3 is 21.1 Å². The van der Waals surface area contributed by atoms with Gasteiger partial charge in [0.1, 0.15) is 11.4 Å². The van der Waals surface area contributed by atoms with Crippen LogP contribution in [0.25, 0.3) is 11.3 Å². The average molecular weight is 442 g/mol. The molecule has 33 heavy (non-hydrogen) atoms. The molecule has 166 valence electrons. The van der Waals surface area contributed by atoms with E-state index in [0.717, 1.165) is 5.56 Å². The number of nitrogens with two attached hydrogens (primary N) is 1. The lowest BCUT2D eigenvalue weighted by molar-refractivity contribution is -0.115. The zero-order chi connectivity index (χ0) is 23.2. The lowest BCUT2D eigenvalue weighted by Gasteiger charge is -2.08. The number of nitrogens with zero attached hydrogens (tertiary/aromatic N) is 2. The van der Waals surface area contributed by atoms with Gasteiger partial charge in [-0.15, -0.1) is 0 Å². The van der Waals surface area contributed by atoms with Gasteiger partial charge in [-0.3, -0.25) is 14.7 Å². The number of hydrogen-bond donors (Lipinski definition) is 4. The van der Waals surface area contributed by atoms with E-state index in [9.17, 15) is 9.59 Å². The van der Waals surface area contributed by atoms with Gasteiger partial charge in [0.2, 0.25) is 11.8 Å². The largest absolute Gasteiger partial charge is 0.481 e. The Kier molecular flexibility index (Phi) is 6.31. The van der Waals surface area contributed by atoms with Crippen LogP contribution >= 0.6 is 0 Å². The molecule has 2 aromatic carbocycles. The van der Waals surface area contributed by atoms with Crippen molar-refractivity contribution >= 4 is 29.1 Å². The lowest BCUT2D eigenvalue weighted by atomic mass is 10.1. The van der Waals surface area contributed by atoms with Crippen LogP contribution in [0.1, 0.15) is 15.9 Å². The summed E-state index contributed by atoms with van der Waals surface area (Å²) in [6.45, 7) is 0. The molecule has 0 radical (unpaired) electrons. The normalized spacial score (nSPS) is 10.5. The standard InChI is InChI=1S/C24H22N6O3/c1-33-20-9-5-8-18(27-20)28-24-21(23(25)32)22(29-30-24)16-10-12-17(13-11-16)26-19(31)14-15-6-3-2-4-7-15/h2-13H,14H2,1H3,(H2,25,32)(H,26,31)(H2,27,28,29,30). The fourth-order valence-electron chi connectivity index (χ4n) is 3.31. The second-order valence-corrected chi connectivity index (χ2v) is 7.16. The minimum Gasteiger partial charge on any atom is -0.481 e. The molecule has 9 nitrogen and oxygen atoms in total. The summed E-state index contributed by atoms with van der Waals surface area (Å²) in [7, 11) is 1.52. The van der Waals surface area contributed by atoms with Crippen molar-refractivity contribution in [3.05, 3.63) is 83.9 Å². The first-order valence-corrected chi connectivity index (χ1v) is 10.1. The van der Waals surface area contributed by atoms with Gasteiger partial charge in [0.15, 0.2) is 5.82 Å². The van der Waals surface area contributed by atoms with Gasteiger partial charge in [-0.2, -0.15) is 10.1 Å². The lowest BCUT2D eigenvalue weighted by Crippen LogP contribution is -2.14. The molecule has 0 aliphatic rings. The highest BCUT2D eigenvalue weighted by Gasteiger charge is 2.20. The van der Waals surface area contributed by atoms with E-state index in [1.165, 1.54) is 7.11 Å². The molecule has 0 aliphatic carbocycles. The number of anilines is 3. The molecule has 0 bridgehead atoms. The maximum absolute atomic E-state index is 12.3. The van der Waals surface area contributed by atoms with Crippen LogP contribution in [0.3, 0.4) is 0 Å². The summed E-state index contributed by atoms with van der Waals surface area (Å²) >= 11 is 0. The van der Waals surface area contributed by atoms with Crippen molar-refractivity contribution < 1.29 is 14.3 Å². The Morgan fingerprint density at radius 1 is 1.00 bits per heavy atom. The predicted octanol–water partition coefficient (Wildman–Crippen LogP) is 3.50. The number of carbonyl (C=O) groups excluding carboxylic acids is 2. The van der Waals surface area contributed by atoms with E-state index in [0.29, 0.717) is 28.6 Å². The topological polar surface area (TPSA) is 135 Å². The zero-order valence-electron chi connectivity index (χ0n) is 17.8. The number of amides is 2. The van der Waals surface area contributed by atoms with Crippen molar-refractivity contribution in [1.29, 1.82) is 0 Å². The number of ether oxygens (including phenoxy) is 1. The van der Waals surface area contributed by atoms with Crippen LogP contribution in [0, 0.1) is 0 Å². The van der Waals surface area contributed by atoms with Gasteiger partial charge in [-0.1, -0.05) is 48.5 Å². The zero-order valence-corrected chi connectivity index (χ0v) is 17.8. The maximum atomic E-state index is 12.3. The van der Waals surface area contributed by atoms with Crippen LogP contribution in [0.2, 0.25) is 0 Å². The van der Waals surface area contributed by atoms with E-state index in [4.69, 9.17) is 10.5 Å². The van der Waals surface area contributed by atoms with Crippen molar-refractivity contribution in [3.63, 3.8) is 0 Å². The van der Waals surface area contributed by atoms with Gasteiger partial charge in [-0.05, 0) is 23.8 Å². The minimum absolute atomic E-state index is 0.120. The van der Waals surface area contributed by atoms with Crippen molar-refractivity contribution in [2.24, 2.45) is 5.73 Å². The van der Waals surface area contributed by atoms with Crippen molar-refractivity contribution in [2.75, 3.05) is 17.7 Å². The molecular formula is C24H22N6O3. The number of pyridine rings is 1. The first-order chi connectivity index (χ1) is 16.0. The Morgan fingerprint density at radius 3 is 2.45 bits per heavy atom. The van der Waals surface area contributed by atoms with E-state index in [1.54, 1.807) is 42.5 Å². The number of methoxy groups -OCH3 is 1. The van der Waals surface area contributed by atoms with Crippen molar-refractivity contribution in [1.82, 2.24) is 15.2 Å². The third kappa shape index (κ3) is 5.16. The third-order valence-corrected chi connectivity index (χ3v) is 4.86. The van der Waals surface area contributed by atoms with E-state index in [-0.39, 0.29) is 23.7 Å². The molecule has 0 atom stereocenters. The molecule has 0 spiro atoms. The SMILES string of the molecule is COc1cccc(Nc2n[nH]c(-c3ccc(NC(=O)Cc4ccccc4)cc3)c2C(N)=O)n1. The van der Waals surface area contributed by atoms with Gasteiger partial charge in [-0.25, -0.2) is 0 Å². The van der Waals surface area contributed by atoms with Gasteiger partial charge >= 0.3 is 0 Å². The monoisotopic (exact) mass is 442 g/mol. The highest BCUT2D eigenvalue weighted by Crippen LogP contribution is 2.29. The van der Waals surface area contributed by atoms with Crippen LogP contribution < -0.4 is 21.1 Å². The Labute approximate surface area is 190 Å². The van der Waals surface area contributed by atoms with Crippen LogP contribution in [0.15, 0.2) is 72.8 Å². The number of nitrogens with one attached hydrogen (secondary N) is 3. The molecule has 2 amide bonds. The predicted molar refractivity (Wildman–Crippen MR) is 125 cm³/mol. The highest BCUT2D eigenvalue weighted by molar-refractivity contribution is 6.04. The minimum atomic E-state index is -0.649. The number of aromatic nitrogens is 3. The Bertz CT molecular complexity index is 1270. The quantitative estimate of drug-likeness (QED) is 0.330. The molecular weight excluding hydrogens is 420 g/mol. The fraction of sp³-hybridized carbons (Fsp3) is 0.0833. The fourth-order valence-corrected chi connectivity index (χ4v) is 3.31. The van der Waals surface area contributed by atoms with Crippen molar-refractivity contribution in [2.45, 2.75) is 6.42 Å². The molecule has 0 fully saturated rings. The number of rotatable bonds is 8. The first-order valence-electron chi connectivity index (χ1n) is 10.1. The first kappa shape index (κ1) is 21.6. The molecule has 2 heterocycles. The smallest absolute Gasteiger partial charge is 0.254 e. The van der Waals surface area contributed by atoms with Gasteiger partial charge in [0, 0.05) is 17.3 Å². The number of aromatic amines is 1. The molecule has 0 unspecified atom stereocenters. The summed E-state index contributed by atoms with van der Waals surface area (Å²) < 4.78 is 5.12. The van der Waals surface area contributed by atoms with E-state index in [1.807, 2.05) is 30.3 Å². The summed E-state index contributed by atoms with van der Waals surface area (Å²) in [6, 6.07) is 21.7. The Hall–Kier alpha value is -4.66. The molecule has 2 aromatic heterocycles. The van der Waals surface area contributed by atoms with E-state index >= 15 is 0 Å². The third-order valence-electron chi connectivity index (χ3n) is 4.86. The van der Waals surface area contributed by atoms with Gasteiger partial charge in [0.05, 0.1) is 19.2 Å². The van der Waals surface area contributed by atoms with E-state index in [2.05, 4.69) is 25.8 Å². The number of H-pyrrole nitrogens is 1. The maximum Gasteiger partial charge on any atom is 0.254 e. The molecule has 4 rings (SSSR count). The molecule has 0 aliphatic heterocycles. The van der Waals surface area contributed by atoms with Crippen molar-refractivity contribution in [3.8, 4) is 17.1 Å². The summed E-state index contributed by atoms with van der Waals surface area (Å²) in [5.74, 6) is 0.348. The average Bonchev–Trinajstić information content (AvgIpc) is 3.24. The number of benzene rings is 2. The van der Waals surface area contributed by atoms with Gasteiger partial charge in [0.25, 0.3) is 5.91 Å². The Morgan fingerprint density at radius 2 is 1.76 bits per heavy atom. The van der Waals surface area contributed by atoms with Crippen LogP contribution in [-0.2, 0) is 11.2 Å². The Balaban J connectivity index is 1.51. The number of hydrogen-bond acceptors (Lipinski definition) is 6. The second kappa shape index (κ2) is 9.65. The molecule has 9 heteroatoms. The summed E-state index contributed by atoms with van der Waals surface area (Å²) in [5, 5.41) is 12.9. The van der Waals surface area contributed by atoms with Crippen LogP contribution in [0.4, 0.5) is 17.3 Å². The molecule has 5 N–H and O–H groups in total. The van der Waals surface area contributed by atoms with Crippen LogP contribution in [0.5, 0.6) is 5.88 Å². The molecule has 0 saturated heterocycles.